The van der Waals surface area contributed by atoms with Crippen molar-refractivity contribution in [2.24, 2.45) is 0 Å². The fraction of sp³-hybridized carbons (Fsp3) is 0.238. The summed E-state index contributed by atoms with van der Waals surface area (Å²) in [5.74, 6) is 0.979. The Kier molecular flexibility index (Phi) is 7.43. The molecule has 0 atom stereocenters. The molecule has 0 bridgehead atoms. The van der Waals surface area contributed by atoms with Gasteiger partial charge in [0.2, 0.25) is 11.8 Å². The number of nitrogens with one attached hydrogen (secondary N) is 2. The van der Waals surface area contributed by atoms with E-state index < -0.39 is 0 Å². The van der Waals surface area contributed by atoms with Gasteiger partial charge in [0.25, 0.3) is 0 Å². The number of benzene rings is 2. The molecule has 2 rings (SSSR count). The Morgan fingerprint density at radius 2 is 1.81 bits per heavy atom. The fourth-order valence-electron chi connectivity index (χ4n) is 2.40. The molecule has 0 heterocycles. The van der Waals surface area contributed by atoms with E-state index in [0.717, 1.165) is 11.1 Å². The summed E-state index contributed by atoms with van der Waals surface area (Å²) in [5.41, 5.74) is 2.37. The molecule has 0 aliphatic heterocycles. The van der Waals surface area contributed by atoms with Crippen molar-refractivity contribution in [3.05, 3.63) is 59.7 Å². The molecule has 6 nitrogen and oxygen atoms in total. The first kappa shape index (κ1) is 20.0. The van der Waals surface area contributed by atoms with Crippen LogP contribution in [0, 0.1) is 0 Å². The molecule has 0 spiro atoms. The normalized spacial score (nSPS) is 10.5. The third-order valence-electron chi connectivity index (χ3n) is 3.78. The molecule has 2 N–H and O–H groups in total. The molecule has 142 valence electrons. The molecule has 0 radical (unpaired) electrons. The van der Waals surface area contributed by atoms with Crippen LogP contribution in [0.4, 0.5) is 5.69 Å². The lowest BCUT2D eigenvalue weighted by Gasteiger charge is -2.09. The lowest BCUT2D eigenvalue weighted by molar-refractivity contribution is -0.120. The van der Waals surface area contributed by atoms with Gasteiger partial charge in [0, 0.05) is 18.8 Å². The second-order valence-corrected chi connectivity index (χ2v) is 5.71. The topological polar surface area (TPSA) is 76.7 Å². The molecule has 0 unspecified atom stereocenters. The van der Waals surface area contributed by atoms with Gasteiger partial charge in [0.1, 0.15) is 0 Å². The number of methoxy groups -OCH3 is 1. The maximum Gasteiger partial charge on any atom is 0.248 e. The molecule has 27 heavy (non-hydrogen) atoms. The van der Waals surface area contributed by atoms with Crippen molar-refractivity contribution in [3.8, 4) is 11.5 Å². The summed E-state index contributed by atoms with van der Waals surface area (Å²) in [7, 11) is 3.18. The summed E-state index contributed by atoms with van der Waals surface area (Å²) in [5, 5.41) is 5.36. The van der Waals surface area contributed by atoms with Crippen LogP contribution in [0.15, 0.2) is 48.5 Å². The Bertz CT molecular complexity index is 813. The third-order valence-corrected chi connectivity index (χ3v) is 3.78. The van der Waals surface area contributed by atoms with E-state index in [1.54, 1.807) is 32.4 Å². The average molecular weight is 368 g/mol. The zero-order valence-electron chi connectivity index (χ0n) is 15.7. The molecule has 6 heteroatoms. The van der Waals surface area contributed by atoms with Crippen molar-refractivity contribution in [2.75, 3.05) is 26.1 Å². The van der Waals surface area contributed by atoms with Crippen LogP contribution in [0.2, 0.25) is 0 Å². The minimum atomic E-state index is -0.248. The first-order valence-electron chi connectivity index (χ1n) is 8.65. The Morgan fingerprint density at radius 3 is 2.44 bits per heavy atom. The van der Waals surface area contributed by atoms with Gasteiger partial charge >= 0.3 is 0 Å². The number of amides is 2. The van der Waals surface area contributed by atoms with E-state index in [0.29, 0.717) is 30.2 Å². The van der Waals surface area contributed by atoms with Crippen LogP contribution in [-0.4, -0.2) is 32.6 Å². The second-order valence-electron chi connectivity index (χ2n) is 5.71. The zero-order valence-corrected chi connectivity index (χ0v) is 15.7. The Hall–Kier alpha value is -3.28. The van der Waals surface area contributed by atoms with Gasteiger partial charge in [-0.25, -0.2) is 0 Å². The standard InChI is InChI=1S/C21H24N2O4/c1-4-27-18-11-7-15(13-19(18)26-3)8-12-20(24)23-17-9-5-16(6-10-17)14-21(25)22-2/h5-13H,4,14H2,1-3H3,(H,22,25)(H,23,24)/b12-8+. The lowest BCUT2D eigenvalue weighted by Crippen LogP contribution is -2.19. The highest BCUT2D eigenvalue weighted by molar-refractivity contribution is 6.02. The first-order valence-corrected chi connectivity index (χ1v) is 8.65. The highest BCUT2D eigenvalue weighted by Gasteiger charge is 2.05. The highest BCUT2D eigenvalue weighted by atomic mass is 16.5. The molecule has 0 saturated carbocycles. The van der Waals surface area contributed by atoms with Gasteiger partial charge in [-0.3, -0.25) is 9.59 Å². The van der Waals surface area contributed by atoms with E-state index in [9.17, 15) is 9.59 Å². The number of anilines is 1. The van der Waals surface area contributed by atoms with Crippen LogP contribution < -0.4 is 20.1 Å². The summed E-state index contributed by atoms with van der Waals surface area (Å²) < 4.78 is 10.8. The van der Waals surface area contributed by atoms with Crippen LogP contribution in [0.3, 0.4) is 0 Å². The Balaban J connectivity index is 1.97. The minimum absolute atomic E-state index is 0.0551. The molecule has 0 aliphatic rings. The van der Waals surface area contributed by atoms with Crippen molar-refractivity contribution in [3.63, 3.8) is 0 Å². The smallest absolute Gasteiger partial charge is 0.248 e. The van der Waals surface area contributed by atoms with Gasteiger partial charge in [-0.2, -0.15) is 0 Å². The number of rotatable bonds is 8. The summed E-state index contributed by atoms with van der Waals surface area (Å²) in [6, 6.07) is 12.6. The predicted molar refractivity (Wildman–Crippen MR) is 106 cm³/mol. The number of carbonyl (C=O) groups is 2. The van der Waals surface area contributed by atoms with Crippen LogP contribution in [0.5, 0.6) is 11.5 Å². The van der Waals surface area contributed by atoms with Crippen molar-refractivity contribution < 1.29 is 19.1 Å². The summed E-state index contributed by atoms with van der Waals surface area (Å²) >= 11 is 0. The number of hydrogen-bond acceptors (Lipinski definition) is 4. The van der Waals surface area contributed by atoms with E-state index >= 15 is 0 Å². The predicted octanol–water partition coefficient (Wildman–Crippen LogP) is 3.03. The highest BCUT2D eigenvalue weighted by Crippen LogP contribution is 2.28. The summed E-state index contributed by atoms with van der Waals surface area (Å²) in [6.45, 7) is 2.46. The van der Waals surface area contributed by atoms with Gasteiger partial charge in [-0.1, -0.05) is 18.2 Å². The van der Waals surface area contributed by atoms with Crippen molar-refractivity contribution in [2.45, 2.75) is 13.3 Å². The minimum Gasteiger partial charge on any atom is -0.493 e. The molecular formula is C21H24N2O4. The van der Waals surface area contributed by atoms with Crippen LogP contribution in [0.1, 0.15) is 18.1 Å². The quantitative estimate of drug-likeness (QED) is 0.702. The van der Waals surface area contributed by atoms with Crippen molar-refractivity contribution in [1.29, 1.82) is 0 Å². The van der Waals surface area contributed by atoms with E-state index in [4.69, 9.17) is 9.47 Å². The molecule has 0 saturated heterocycles. The summed E-state index contributed by atoms with van der Waals surface area (Å²) in [4.78, 5) is 23.5. The maximum absolute atomic E-state index is 12.1. The number of ether oxygens (including phenoxy) is 2. The summed E-state index contributed by atoms with van der Waals surface area (Å²) in [6.07, 6.45) is 3.46. The number of likely N-dealkylation sites (N-methyl/N-ethyl adjacent to an activating group) is 1. The van der Waals surface area contributed by atoms with E-state index in [-0.39, 0.29) is 11.8 Å². The number of carbonyl (C=O) groups excluding carboxylic acids is 2. The lowest BCUT2D eigenvalue weighted by atomic mass is 10.1. The zero-order chi connectivity index (χ0) is 19.6. The van der Waals surface area contributed by atoms with Crippen LogP contribution in [0.25, 0.3) is 6.08 Å². The van der Waals surface area contributed by atoms with Gasteiger partial charge < -0.3 is 20.1 Å². The molecule has 2 aromatic rings. The molecule has 0 aromatic heterocycles. The van der Waals surface area contributed by atoms with Crippen LogP contribution >= 0.6 is 0 Å². The SMILES string of the molecule is CCOc1ccc(/C=C/C(=O)Nc2ccc(CC(=O)NC)cc2)cc1OC. The Morgan fingerprint density at radius 1 is 1.07 bits per heavy atom. The molecule has 0 aliphatic carbocycles. The van der Waals surface area contributed by atoms with Gasteiger partial charge in [-0.15, -0.1) is 0 Å². The Labute approximate surface area is 159 Å². The van der Waals surface area contributed by atoms with E-state index in [1.807, 2.05) is 37.3 Å². The molecular weight excluding hydrogens is 344 g/mol. The van der Waals surface area contributed by atoms with Crippen molar-refractivity contribution in [1.82, 2.24) is 5.32 Å². The monoisotopic (exact) mass is 368 g/mol. The first-order chi connectivity index (χ1) is 13.0. The average Bonchev–Trinajstić information content (AvgIpc) is 2.68. The molecule has 2 amide bonds. The number of hydrogen-bond donors (Lipinski definition) is 2. The van der Waals surface area contributed by atoms with E-state index in [2.05, 4.69) is 10.6 Å². The second kappa shape index (κ2) is 10.0. The maximum atomic E-state index is 12.1. The van der Waals surface area contributed by atoms with Gasteiger partial charge in [-0.05, 0) is 48.4 Å². The van der Waals surface area contributed by atoms with Crippen molar-refractivity contribution >= 4 is 23.6 Å². The molecule has 2 aromatic carbocycles. The van der Waals surface area contributed by atoms with Gasteiger partial charge in [0.15, 0.2) is 11.5 Å². The fourth-order valence-corrected chi connectivity index (χ4v) is 2.40. The van der Waals surface area contributed by atoms with Gasteiger partial charge in [0.05, 0.1) is 20.1 Å². The van der Waals surface area contributed by atoms with Crippen LogP contribution in [-0.2, 0) is 16.0 Å². The molecule has 0 fully saturated rings. The van der Waals surface area contributed by atoms with E-state index in [1.165, 1.54) is 6.08 Å². The third kappa shape index (κ3) is 6.18. The largest absolute Gasteiger partial charge is 0.493 e.